The molecule has 0 unspecified atom stereocenters. The summed E-state index contributed by atoms with van der Waals surface area (Å²) in [6, 6.07) is 40.3. The topological polar surface area (TPSA) is 0 Å². The van der Waals surface area contributed by atoms with Gasteiger partial charge in [-0.1, -0.05) is 152 Å². The Morgan fingerprint density at radius 3 is 2.00 bits per heavy atom. The molecule has 0 saturated carbocycles. The molecule has 1 aliphatic rings. The van der Waals surface area contributed by atoms with Gasteiger partial charge in [0, 0.05) is 0 Å². The Kier molecular flexibility index (Phi) is 8.61. The lowest BCUT2D eigenvalue weighted by atomic mass is 9.82. The molecule has 6 aromatic rings. The molecule has 6 aromatic carbocycles. The highest BCUT2D eigenvalue weighted by Gasteiger charge is 2.20. The van der Waals surface area contributed by atoms with E-state index in [2.05, 4.69) is 172 Å². The smallest absolute Gasteiger partial charge is 0.00200 e. The van der Waals surface area contributed by atoms with Crippen LogP contribution in [0.4, 0.5) is 0 Å². The maximum absolute atomic E-state index is 2.48. The van der Waals surface area contributed by atoms with Gasteiger partial charge in [0.15, 0.2) is 0 Å². The molecule has 0 N–H and O–H groups in total. The van der Waals surface area contributed by atoms with Crippen LogP contribution in [0.5, 0.6) is 0 Å². The molecule has 0 aliphatic heterocycles. The van der Waals surface area contributed by atoms with Crippen molar-refractivity contribution in [3.05, 3.63) is 174 Å². The molecule has 1 aliphatic carbocycles. The number of fused-ring (bicyclic) bond motifs is 5. The zero-order valence-electron chi connectivity index (χ0n) is 26.8. The van der Waals surface area contributed by atoms with Gasteiger partial charge >= 0.3 is 0 Å². The van der Waals surface area contributed by atoms with Crippen LogP contribution in [-0.4, -0.2) is 0 Å². The van der Waals surface area contributed by atoms with Crippen LogP contribution in [0, 0.1) is 0 Å². The monoisotopic (exact) mass is 592 g/mol. The number of hydrogen-bond acceptors (Lipinski definition) is 0. The first kappa shape index (κ1) is 29.5. The van der Waals surface area contributed by atoms with E-state index < -0.39 is 0 Å². The van der Waals surface area contributed by atoms with Crippen LogP contribution < -0.4 is 0 Å². The highest BCUT2D eigenvalue weighted by atomic mass is 14.2. The Bertz CT molecular complexity index is 2140. The minimum absolute atomic E-state index is 0.989. The minimum atomic E-state index is 0.989. The van der Waals surface area contributed by atoms with Crippen LogP contribution in [0.15, 0.2) is 152 Å². The summed E-state index contributed by atoms with van der Waals surface area (Å²) in [4.78, 5) is 0. The van der Waals surface area contributed by atoms with Crippen molar-refractivity contribution in [3.63, 3.8) is 0 Å². The summed E-state index contributed by atoms with van der Waals surface area (Å²) in [6.45, 7) is 4.34. The fraction of sp³-hybridized carbons (Fsp3) is 0.130. The molecule has 0 heterocycles. The zero-order valence-corrected chi connectivity index (χ0v) is 26.8. The fourth-order valence-electron chi connectivity index (χ4n) is 7.17. The summed E-state index contributed by atoms with van der Waals surface area (Å²) in [5, 5.41) is 7.87. The Balaban J connectivity index is 1.46. The molecular weight excluding hydrogens is 553 g/mol. The van der Waals surface area contributed by atoms with Gasteiger partial charge in [-0.05, 0) is 122 Å². The van der Waals surface area contributed by atoms with Gasteiger partial charge in [-0.25, -0.2) is 0 Å². The maximum atomic E-state index is 2.48. The molecular formula is C46H40. The van der Waals surface area contributed by atoms with Crippen molar-refractivity contribution in [2.75, 3.05) is 0 Å². The maximum Gasteiger partial charge on any atom is -0.00200 e. The van der Waals surface area contributed by atoms with E-state index in [1.807, 2.05) is 0 Å². The third kappa shape index (κ3) is 5.68. The van der Waals surface area contributed by atoms with Crippen LogP contribution in [0.3, 0.4) is 0 Å². The standard InChI is InChI=1S/C46H40/c1-3-4-5-6-7-9-22-35(34-20-10-8-11-21-34)31-33(2)45-40-27-16-18-29-42(40)46(43-30-19-17-28-41(43)45)44-32-36-23-12-13-24-37(36)38-25-14-15-26-39(38)44/h3-6,8,10-11,13-22,24-32H,7,9,12,23H2,1-2H3. The van der Waals surface area contributed by atoms with Crippen molar-refractivity contribution in [2.45, 2.75) is 39.5 Å². The average molecular weight is 593 g/mol. The van der Waals surface area contributed by atoms with E-state index in [0.29, 0.717) is 0 Å². The minimum Gasteiger partial charge on any atom is -0.0877 e. The van der Waals surface area contributed by atoms with Crippen molar-refractivity contribution < 1.29 is 0 Å². The summed E-state index contributed by atoms with van der Waals surface area (Å²) in [5.41, 5.74) is 10.6. The molecule has 0 atom stereocenters. The molecule has 0 bridgehead atoms. The van der Waals surface area contributed by atoms with E-state index in [1.165, 1.54) is 76.8 Å². The molecule has 0 radical (unpaired) electrons. The predicted molar refractivity (Wildman–Crippen MR) is 203 cm³/mol. The first-order valence-corrected chi connectivity index (χ1v) is 16.6. The fourth-order valence-corrected chi connectivity index (χ4v) is 7.17. The van der Waals surface area contributed by atoms with Crippen LogP contribution in [0.25, 0.3) is 60.7 Å². The Hall–Kier alpha value is -5.20. The summed E-state index contributed by atoms with van der Waals surface area (Å²) in [6.07, 6.45) is 22.2. The second-order valence-corrected chi connectivity index (χ2v) is 12.2. The molecule has 0 nitrogen and oxygen atoms in total. The van der Waals surface area contributed by atoms with Gasteiger partial charge in [-0.2, -0.15) is 0 Å². The van der Waals surface area contributed by atoms with Gasteiger partial charge in [0.05, 0.1) is 0 Å². The number of hydrogen-bond donors (Lipinski definition) is 0. The third-order valence-electron chi connectivity index (χ3n) is 9.25. The number of unbranched alkanes of at least 4 members (excludes halogenated alkanes) is 1. The first-order valence-electron chi connectivity index (χ1n) is 16.6. The Labute approximate surface area is 273 Å². The first-order chi connectivity index (χ1) is 22.7. The normalized spacial score (nSPS) is 13.9. The van der Waals surface area contributed by atoms with E-state index in [4.69, 9.17) is 0 Å². The average Bonchev–Trinajstić information content (AvgIpc) is 3.11. The predicted octanol–water partition coefficient (Wildman–Crippen LogP) is 13.2. The van der Waals surface area contributed by atoms with E-state index >= 15 is 0 Å². The highest BCUT2D eigenvalue weighted by Crippen LogP contribution is 2.45. The quantitative estimate of drug-likeness (QED) is 0.0937. The lowest BCUT2D eigenvalue weighted by Crippen LogP contribution is -1.99. The number of benzene rings is 6. The highest BCUT2D eigenvalue weighted by molar-refractivity contribution is 6.22. The van der Waals surface area contributed by atoms with Gasteiger partial charge < -0.3 is 0 Å². The van der Waals surface area contributed by atoms with E-state index in [-0.39, 0.29) is 0 Å². The van der Waals surface area contributed by atoms with Crippen LogP contribution in [0.2, 0.25) is 0 Å². The number of allylic oxidation sites excluding steroid dienone is 9. The van der Waals surface area contributed by atoms with Crippen molar-refractivity contribution in [1.82, 2.24) is 0 Å². The third-order valence-corrected chi connectivity index (χ3v) is 9.25. The summed E-state index contributed by atoms with van der Waals surface area (Å²) in [5.74, 6) is 0. The van der Waals surface area contributed by atoms with Crippen LogP contribution >= 0.6 is 0 Å². The Morgan fingerprint density at radius 1 is 0.674 bits per heavy atom. The van der Waals surface area contributed by atoms with Gasteiger partial charge in [-0.3, -0.25) is 0 Å². The molecule has 0 saturated heterocycles. The van der Waals surface area contributed by atoms with Crippen molar-refractivity contribution >= 4 is 49.5 Å². The SMILES string of the molecule is CC=CC=CCCC=C(C=C(C)c1c2ccccc2c(-c2cc3c(c4ccccc24)C=CCC3)c2ccccc12)c1ccccc1. The van der Waals surface area contributed by atoms with Crippen molar-refractivity contribution in [3.8, 4) is 11.1 Å². The Morgan fingerprint density at radius 2 is 1.30 bits per heavy atom. The van der Waals surface area contributed by atoms with E-state index in [1.54, 1.807) is 0 Å². The molecule has 0 heteroatoms. The van der Waals surface area contributed by atoms with Crippen LogP contribution in [-0.2, 0) is 6.42 Å². The van der Waals surface area contributed by atoms with Gasteiger partial charge in [-0.15, -0.1) is 0 Å². The van der Waals surface area contributed by atoms with Gasteiger partial charge in [0.1, 0.15) is 0 Å². The molecule has 46 heavy (non-hydrogen) atoms. The van der Waals surface area contributed by atoms with Crippen molar-refractivity contribution in [2.24, 2.45) is 0 Å². The molecule has 224 valence electrons. The molecule has 7 rings (SSSR count). The second kappa shape index (κ2) is 13.4. The van der Waals surface area contributed by atoms with Crippen molar-refractivity contribution in [1.29, 1.82) is 0 Å². The largest absolute Gasteiger partial charge is 0.0877 e. The molecule has 0 fully saturated rings. The molecule has 0 amide bonds. The van der Waals surface area contributed by atoms with Crippen LogP contribution in [0.1, 0.15) is 55.4 Å². The van der Waals surface area contributed by atoms with Gasteiger partial charge in [0.2, 0.25) is 0 Å². The zero-order chi connectivity index (χ0) is 31.3. The summed E-state index contributed by atoms with van der Waals surface area (Å²) >= 11 is 0. The lowest BCUT2D eigenvalue weighted by Gasteiger charge is -2.22. The second-order valence-electron chi connectivity index (χ2n) is 12.2. The number of rotatable bonds is 8. The lowest BCUT2D eigenvalue weighted by molar-refractivity contribution is 0.990. The summed E-state index contributed by atoms with van der Waals surface area (Å²) < 4.78 is 0. The number of aryl methyl sites for hydroxylation is 1. The molecule has 0 spiro atoms. The van der Waals surface area contributed by atoms with Gasteiger partial charge in [0.25, 0.3) is 0 Å². The molecule has 0 aromatic heterocycles. The van der Waals surface area contributed by atoms with E-state index in [0.717, 1.165) is 25.7 Å². The van der Waals surface area contributed by atoms with E-state index in [9.17, 15) is 0 Å². The summed E-state index contributed by atoms with van der Waals surface area (Å²) in [7, 11) is 0.